The summed E-state index contributed by atoms with van der Waals surface area (Å²) in [6.45, 7) is 2.82. The van der Waals surface area contributed by atoms with Gasteiger partial charge in [-0.1, -0.05) is 0 Å². The first-order chi connectivity index (χ1) is 6.72. The van der Waals surface area contributed by atoms with E-state index >= 15 is 0 Å². The van der Waals surface area contributed by atoms with E-state index in [-0.39, 0.29) is 6.10 Å². The number of rotatable bonds is 4. The van der Waals surface area contributed by atoms with Crippen molar-refractivity contribution in [1.29, 1.82) is 0 Å². The molecule has 1 fully saturated rings. The van der Waals surface area contributed by atoms with Gasteiger partial charge in [0.25, 0.3) is 0 Å². The van der Waals surface area contributed by atoms with Gasteiger partial charge < -0.3 is 9.30 Å². The van der Waals surface area contributed by atoms with Gasteiger partial charge in [-0.15, -0.1) is 0 Å². The average Bonchev–Trinajstić information content (AvgIpc) is 2.95. The molecule has 1 aliphatic carbocycles. The van der Waals surface area contributed by atoms with Crippen molar-refractivity contribution in [1.82, 2.24) is 14.8 Å². The molecule has 1 aromatic heterocycles. The molecule has 1 heterocycles. The Hall–Kier alpha value is -0.680. The van der Waals surface area contributed by atoms with Gasteiger partial charge in [0.2, 0.25) is 0 Å². The predicted octanol–water partition coefficient (Wildman–Crippen LogP) is 1.85. The normalized spacial score (nSPS) is 18.4. The van der Waals surface area contributed by atoms with Gasteiger partial charge in [-0.25, -0.2) is 0 Å². The van der Waals surface area contributed by atoms with E-state index in [4.69, 9.17) is 17.0 Å². The van der Waals surface area contributed by atoms with Crippen LogP contribution in [0.15, 0.2) is 0 Å². The van der Waals surface area contributed by atoms with Crippen LogP contribution in [-0.2, 0) is 11.3 Å². The fourth-order valence-electron chi connectivity index (χ4n) is 1.49. The molecule has 4 nitrogen and oxygen atoms in total. The third-order valence-electron chi connectivity index (χ3n) is 2.57. The molecule has 78 valence electrons. The molecule has 0 bridgehead atoms. The van der Waals surface area contributed by atoms with Crippen LogP contribution in [0.2, 0.25) is 0 Å². The Morgan fingerprint density at radius 2 is 2.43 bits per heavy atom. The first-order valence-corrected chi connectivity index (χ1v) is 5.31. The highest BCUT2D eigenvalue weighted by Crippen LogP contribution is 2.38. The smallest absolute Gasteiger partial charge is 0.195 e. The minimum atomic E-state index is 0.178. The highest BCUT2D eigenvalue weighted by Gasteiger charge is 2.29. The summed E-state index contributed by atoms with van der Waals surface area (Å²) < 4.78 is 7.99. The molecule has 2 rings (SSSR count). The van der Waals surface area contributed by atoms with Gasteiger partial charge in [0, 0.05) is 13.0 Å². The molecule has 0 aromatic carbocycles. The van der Waals surface area contributed by atoms with E-state index in [0.717, 1.165) is 12.4 Å². The molecule has 0 radical (unpaired) electrons. The van der Waals surface area contributed by atoms with Crippen molar-refractivity contribution in [3.63, 3.8) is 0 Å². The van der Waals surface area contributed by atoms with Gasteiger partial charge in [-0.05, 0) is 32.0 Å². The molecule has 0 aliphatic heterocycles. The van der Waals surface area contributed by atoms with E-state index in [1.165, 1.54) is 12.8 Å². The molecule has 1 N–H and O–H groups in total. The molecule has 5 heteroatoms. The number of methoxy groups -OCH3 is 1. The Balaban J connectivity index is 2.21. The molecule has 1 saturated carbocycles. The molecule has 1 atom stereocenters. The molecule has 1 aromatic rings. The van der Waals surface area contributed by atoms with Crippen LogP contribution in [0.4, 0.5) is 0 Å². The van der Waals surface area contributed by atoms with E-state index in [1.54, 1.807) is 7.11 Å². The lowest BCUT2D eigenvalue weighted by molar-refractivity contribution is 0.102. The predicted molar refractivity (Wildman–Crippen MR) is 55.9 cm³/mol. The molecule has 1 aliphatic rings. The number of nitrogens with one attached hydrogen (secondary N) is 1. The Morgan fingerprint density at radius 3 is 3.00 bits per heavy atom. The van der Waals surface area contributed by atoms with Crippen LogP contribution < -0.4 is 0 Å². The molecule has 0 saturated heterocycles. The maximum absolute atomic E-state index is 5.22. The summed E-state index contributed by atoms with van der Waals surface area (Å²) in [6.07, 6.45) is 2.65. The molecular weight excluding hydrogens is 198 g/mol. The van der Waals surface area contributed by atoms with Gasteiger partial charge in [-0.2, -0.15) is 5.10 Å². The van der Waals surface area contributed by atoms with E-state index in [2.05, 4.69) is 14.8 Å². The van der Waals surface area contributed by atoms with Crippen molar-refractivity contribution in [3.8, 4) is 0 Å². The summed E-state index contributed by atoms with van der Waals surface area (Å²) >= 11 is 5.18. The second-order valence-corrected chi connectivity index (χ2v) is 4.20. The fraction of sp³-hybridized carbons (Fsp3) is 0.778. The second-order valence-electron chi connectivity index (χ2n) is 3.82. The third kappa shape index (κ3) is 1.88. The van der Waals surface area contributed by atoms with Gasteiger partial charge in [0.15, 0.2) is 4.77 Å². The zero-order valence-electron chi connectivity index (χ0n) is 8.49. The lowest BCUT2D eigenvalue weighted by Crippen LogP contribution is -2.16. The third-order valence-corrected chi connectivity index (χ3v) is 2.88. The van der Waals surface area contributed by atoms with Crippen molar-refractivity contribution in [3.05, 3.63) is 10.6 Å². The number of nitrogens with zero attached hydrogens (tertiary/aromatic N) is 2. The molecular formula is C9H15N3OS. The summed E-state index contributed by atoms with van der Waals surface area (Å²) in [5.41, 5.74) is 0. The minimum Gasteiger partial charge on any atom is -0.380 e. The summed E-state index contributed by atoms with van der Waals surface area (Å²) in [6, 6.07) is 0. The van der Waals surface area contributed by atoms with Crippen LogP contribution in [-0.4, -0.2) is 28.0 Å². The molecule has 14 heavy (non-hydrogen) atoms. The number of H-pyrrole nitrogens is 1. The highest BCUT2D eigenvalue weighted by atomic mass is 32.1. The Kier molecular flexibility index (Phi) is 2.69. The van der Waals surface area contributed by atoms with Crippen LogP contribution in [0.5, 0.6) is 0 Å². The van der Waals surface area contributed by atoms with Crippen LogP contribution in [0, 0.1) is 4.77 Å². The van der Waals surface area contributed by atoms with E-state index < -0.39 is 0 Å². The van der Waals surface area contributed by atoms with Crippen molar-refractivity contribution >= 4 is 12.2 Å². The van der Waals surface area contributed by atoms with Gasteiger partial charge in [-0.3, -0.25) is 5.10 Å². The Morgan fingerprint density at radius 1 is 1.71 bits per heavy atom. The minimum absolute atomic E-state index is 0.178. The van der Waals surface area contributed by atoms with E-state index in [0.29, 0.717) is 10.7 Å². The number of aromatic amines is 1. The maximum Gasteiger partial charge on any atom is 0.195 e. The lowest BCUT2D eigenvalue weighted by Gasteiger charge is -2.11. The first kappa shape index (κ1) is 9.86. The first-order valence-electron chi connectivity index (χ1n) is 4.90. The van der Waals surface area contributed by atoms with Crippen molar-refractivity contribution in [2.45, 2.75) is 38.3 Å². The zero-order chi connectivity index (χ0) is 10.1. The number of hydrogen-bond acceptors (Lipinski definition) is 3. The standard InChI is InChI=1S/C9H15N3OS/c1-6(13-2)5-12-8(7-3-4-7)10-11-9(12)14/h6-7H,3-5H2,1-2H3,(H,11,14). The molecule has 0 amide bonds. The van der Waals surface area contributed by atoms with Gasteiger partial charge in [0.05, 0.1) is 12.6 Å². The van der Waals surface area contributed by atoms with Crippen LogP contribution in [0.3, 0.4) is 0 Å². The Bertz CT molecular complexity index is 366. The van der Waals surface area contributed by atoms with Crippen molar-refractivity contribution in [2.24, 2.45) is 0 Å². The Labute approximate surface area is 88.3 Å². The van der Waals surface area contributed by atoms with Gasteiger partial charge in [0.1, 0.15) is 5.82 Å². The summed E-state index contributed by atoms with van der Waals surface area (Å²) in [7, 11) is 1.71. The zero-order valence-corrected chi connectivity index (χ0v) is 9.30. The fourth-order valence-corrected chi connectivity index (χ4v) is 1.70. The summed E-state index contributed by atoms with van der Waals surface area (Å²) in [5.74, 6) is 1.71. The van der Waals surface area contributed by atoms with Crippen LogP contribution in [0.1, 0.15) is 31.5 Å². The highest BCUT2D eigenvalue weighted by molar-refractivity contribution is 7.71. The number of ether oxygens (including phenoxy) is 1. The molecule has 1 unspecified atom stereocenters. The lowest BCUT2D eigenvalue weighted by atomic mass is 10.3. The largest absolute Gasteiger partial charge is 0.380 e. The van der Waals surface area contributed by atoms with E-state index in [9.17, 15) is 0 Å². The van der Waals surface area contributed by atoms with E-state index in [1.807, 2.05) is 6.92 Å². The quantitative estimate of drug-likeness (QED) is 0.776. The summed E-state index contributed by atoms with van der Waals surface area (Å²) in [5, 5.41) is 7.10. The monoisotopic (exact) mass is 213 g/mol. The second kappa shape index (κ2) is 3.82. The van der Waals surface area contributed by atoms with Crippen LogP contribution >= 0.6 is 12.2 Å². The SMILES string of the molecule is COC(C)Cn1c(C2CC2)n[nH]c1=S. The van der Waals surface area contributed by atoms with Crippen molar-refractivity contribution in [2.75, 3.05) is 7.11 Å². The number of hydrogen-bond donors (Lipinski definition) is 1. The topological polar surface area (TPSA) is 42.8 Å². The average molecular weight is 213 g/mol. The number of aromatic nitrogens is 3. The van der Waals surface area contributed by atoms with Crippen LogP contribution in [0.25, 0.3) is 0 Å². The van der Waals surface area contributed by atoms with Gasteiger partial charge >= 0.3 is 0 Å². The van der Waals surface area contributed by atoms with Crippen molar-refractivity contribution < 1.29 is 4.74 Å². The summed E-state index contributed by atoms with van der Waals surface area (Å²) in [4.78, 5) is 0. The molecule has 0 spiro atoms. The maximum atomic E-state index is 5.22.